The van der Waals surface area contributed by atoms with Crippen LogP contribution in [0.2, 0.25) is 5.02 Å². The van der Waals surface area contributed by atoms with Gasteiger partial charge in [0, 0.05) is 17.7 Å². The molecule has 0 fully saturated rings. The SMILES string of the molecule is CC(=O)SCCC=Cc1cc(O)cc(Cl)c1. The van der Waals surface area contributed by atoms with E-state index in [1.165, 1.54) is 17.8 Å². The van der Waals surface area contributed by atoms with Gasteiger partial charge in [-0.25, -0.2) is 0 Å². The van der Waals surface area contributed by atoms with Crippen LogP contribution in [0.1, 0.15) is 18.9 Å². The molecule has 0 bridgehead atoms. The molecule has 0 saturated carbocycles. The third-order valence-electron chi connectivity index (χ3n) is 1.81. The molecule has 4 heteroatoms. The van der Waals surface area contributed by atoms with E-state index < -0.39 is 0 Å². The Morgan fingerprint density at radius 1 is 1.50 bits per heavy atom. The molecule has 0 aliphatic heterocycles. The molecule has 0 unspecified atom stereocenters. The third kappa shape index (κ3) is 5.24. The van der Waals surface area contributed by atoms with E-state index in [2.05, 4.69) is 0 Å². The average molecular weight is 257 g/mol. The van der Waals surface area contributed by atoms with Crippen LogP contribution in [0.3, 0.4) is 0 Å². The number of allylic oxidation sites excluding steroid dienone is 1. The van der Waals surface area contributed by atoms with Gasteiger partial charge in [-0.3, -0.25) is 4.79 Å². The second-order valence-corrected chi connectivity index (χ2v) is 4.98. The lowest BCUT2D eigenvalue weighted by molar-refractivity contribution is -0.109. The average Bonchev–Trinajstić information content (AvgIpc) is 2.15. The van der Waals surface area contributed by atoms with Gasteiger partial charge in [-0.1, -0.05) is 35.5 Å². The second-order valence-electron chi connectivity index (χ2n) is 3.27. The number of carbonyl (C=O) groups is 1. The molecular formula is C12H13ClO2S. The van der Waals surface area contributed by atoms with E-state index in [1.54, 1.807) is 19.1 Å². The van der Waals surface area contributed by atoms with E-state index >= 15 is 0 Å². The lowest BCUT2D eigenvalue weighted by Gasteiger charge is -1.97. The number of halogens is 1. The maximum absolute atomic E-state index is 10.7. The van der Waals surface area contributed by atoms with Crippen molar-refractivity contribution >= 4 is 34.6 Å². The summed E-state index contributed by atoms with van der Waals surface area (Å²) in [7, 11) is 0. The summed E-state index contributed by atoms with van der Waals surface area (Å²) < 4.78 is 0. The molecule has 0 spiro atoms. The number of aromatic hydroxyl groups is 1. The fourth-order valence-corrected chi connectivity index (χ4v) is 1.96. The van der Waals surface area contributed by atoms with Gasteiger partial charge in [-0.05, 0) is 30.2 Å². The highest BCUT2D eigenvalue weighted by molar-refractivity contribution is 8.13. The highest BCUT2D eigenvalue weighted by Gasteiger charge is 1.95. The van der Waals surface area contributed by atoms with E-state index in [0.717, 1.165) is 17.7 Å². The van der Waals surface area contributed by atoms with Crippen LogP contribution in [-0.2, 0) is 4.79 Å². The number of thioether (sulfide) groups is 1. The van der Waals surface area contributed by atoms with Crippen LogP contribution in [0, 0.1) is 0 Å². The number of carbonyl (C=O) groups excluding carboxylic acids is 1. The highest BCUT2D eigenvalue weighted by Crippen LogP contribution is 2.20. The quantitative estimate of drug-likeness (QED) is 0.834. The summed E-state index contributed by atoms with van der Waals surface area (Å²) in [6.07, 6.45) is 4.66. The molecular weight excluding hydrogens is 244 g/mol. The van der Waals surface area contributed by atoms with Crippen molar-refractivity contribution in [1.82, 2.24) is 0 Å². The molecule has 0 heterocycles. The van der Waals surface area contributed by atoms with Crippen molar-refractivity contribution in [2.24, 2.45) is 0 Å². The maximum atomic E-state index is 10.7. The van der Waals surface area contributed by atoms with Crippen LogP contribution in [-0.4, -0.2) is 16.0 Å². The van der Waals surface area contributed by atoms with Gasteiger partial charge in [0.15, 0.2) is 5.12 Å². The second kappa shape index (κ2) is 6.61. The Morgan fingerprint density at radius 3 is 2.88 bits per heavy atom. The summed E-state index contributed by atoms with van der Waals surface area (Å²) in [5.41, 5.74) is 0.859. The summed E-state index contributed by atoms with van der Waals surface area (Å²) in [6.45, 7) is 1.56. The molecule has 1 N–H and O–H groups in total. The zero-order chi connectivity index (χ0) is 12.0. The molecule has 0 radical (unpaired) electrons. The fraction of sp³-hybridized carbons (Fsp3) is 0.250. The van der Waals surface area contributed by atoms with Gasteiger partial charge < -0.3 is 5.11 Å². The van der Waals surface area contributed by atoms with Crippen molar-refractivity contribution in [3.05, 3.63) is 34.9 Å². The molecule has 0 aliphatic rings. The first-order valence-electron chi connectivity index (χ1n) is 4.87. The lowest BCUT2D eigenvalue weighted by Crippen LogP contribution is -1.83. The molecule has 86 valence electrons. The minimum absolute atomic E-state index is 0.133. The number of phenolic OH excluding ortho intramolecular Hbond substituents is 1. The van der Waals surface area contributed by atoms with Crippen LogP contribution >= 0.6 is 23.4 Å². The van der Waals surface area contributed by atoms with Gasteiger partial charge in [0.1, 0.15) is 5.75 Å². The van der Waals surface area contributed by atoms with Gasteiger partial charge >= 0.3 is 0 Å². The number of phenols is 1. The predicted molar refractivity (Wildman–Crippen MR) is 69.9 cm³/mol. The summed E-state index contributed by atoms with van der Waals surface area (Å²) in [6, 6.07) is 4.90. The van der Waals surface area contributed by atoms with Crippen molar-refractivity contribution in [3.63, 3.8) is 0 Å². The first-order chi connectivity index (χ1) is 7.58. The number of rotatable bonds is 4. The third-order valence-corrected chi connectivity index (χ3v) is 2.87. The Morgan fingerprint density at radius 2 is 2.25 bits per heavy atom. The summed E-state index contributed by atoms with van der Waals surface area (Å²) in [4.78, 5) is 10.7. The van der Waals surface area contributed by atoms with Gasteiger partial charge in [-0.2, -0.15) is 0 Å². The zero-order valence-electron chi connectivity index (χ0n) is 8.94. The van der Waals surface area contributed by atoms with Gasteiger partial charge in [0.25, 0.3) is 0 Å². The molecule has 0 atom stereocenters. The van der Waals surface area contributed by atoms with E-state index in [-0.39, 0.29) is 10.9 Å². The van der Waals surface area contributed by atoms with Gasteiger partial charge in [0.05, 0.1) is 0 Å². The van der Waals surface area contributed by atoms with Crippen molar-refractivity contribution in [1.29, 1.82) is 0 Å². The lowest BCUT2D eigenvalue weighted by atomic mass is 10.2. The highest BCUT2D eigenvalue weighted by atomic mass is 35.5. The van der Waals surface area contributed by atoms with Crippen molar-refractivity contribution in [2.45, 2.75) is 13.3 Å². The number of benzene rings is 1. The summed E-state index contributed by atoms with van der Waals surface area (Å²) in [5.74, 6) is 0.934. The summed E-state index contributed by atoms with van der Waals surface area (Å²) in [5, 5.41) is 9.95. The Labute approximate surface area is 104 Å². The first kappa shape index (κ1) is 13.1. The molecule has 1 aromatic carbocycles. The Balaban J connectivity index is 2.46. The van der Waals surface area contributed by atoms with Crippen molar-refractivity contribution in [3.8, 4) is 5.75 Å². The normalized spacial score (nSPS) is 10.9. The molecule has 2 nitrogen and oxygen atoms in total. The topological polar surface area (TPSA) is 37.3 Å². The van der Waals surface area contributed by atoms with Crippen LogP contribution in [0.25, 0.3) is 6.08 Å². The first-order valence-corrected chi connectivity index (χ1v) is 6.24. The maximum Gasteiger partial charge on any atom is 0.185 e. The molecule has 0 amide bonds. The van der Waals surface area contributed by atoms with Crippen LogP contribution < -0.4 is 0 Å². The molecule has 16 heavy (non-hydrogen) atoms. The molecule has 0 saturated heterocycles. The van der Waals surface area contributed by atoms with Crippen molar-refractivity contribution < 1.29 is 9.90 Å². The molecule has 0 aliphatic carbocycles. The van der Waals surface area contributed by atoms with Gasteiger partial charge in [-0.15, -0.1) is 0 Å². The molecule has 1 rings (SSSR count). The van der Waals surface area contributed by atoms with E-state index in [9.17, 15) is 9.90 Å². The number of hydrogen-bond acceptors (Lipinski definition) is 3. The smallest absolute Gasteiger partial charge is 0.185 e. The van der Waals surface area contributed by atoms with Crippen LogP contribution in [0.15, 0.2) is 24.3 Å². The predicted octanol–water partition coefficient (Wildman–Crippen LogP) is 3.73. The Hall–Kier alpha value is -0.930. The van der Waals surface area contributed by atoms with Gasteiger partial charge in [0.2, 0.25) is 0 Å². The minimum atomic E-state index is 0.133. The Bertz CT molecular complexity index is 382. The largest absolute Gasteiger partial charge is 0.508 e. The van der Waals surface area contributed by atoms with E-state index in [1.807, 2.05) is 12.2 Å². The standard InChI is InChI=1S/C12H13ClO2S/c1-9(14)16-5-3-2-4-10-6-11(13)8-12(15)7-10/h2,4,6-8,15H,3,5H2,1H3. The van der Waals surface area contributed by atoms with E-state index in [4.69, 9.17) is 11.6 Å². The van der Waals surface area contributed by atoms with E-state index in [0.29, 0.717) is 5.02 Å². The fourth-order valence-electron chi connectivity index (χ4n) is 1.18. The van der Waals surface area contributed by atoms with Crippen molar-refractivity contribution in [2.75, 3.05) is 5.75 Å². The summed E-state index contributed by atoms with van der Waals surface area (Å²) >= 11 is 7.10. The zero-order valence-corrected chi connectivity index (χ0v) is 10.5. The number of hydrogen-bond donors (Lipinski definition) is 1. The molecule has 1 aromatic rings. The molecule has 0 aromatic heterocycles. The minimum Gasteiger partial charge on any atom is -0.508 e. The van der Waals surface area contributed by atoms with Crippen LogP contribution in [0.4, 0.5) is 0 Å². The monoisotopic (exact) mass is 256 g/mol. The van der Waals surface area contributed by atoms with Crippen LogP contribution in [0.5, 0.6) is 5.75 Å². The Kier molecular flexibility index (Phi) is 5.43.